The summed E-state index contributed by atoms with van der Waals surface area (Å²) < 4.78 is 73.1. The predicted molar refractivity (Wildman–Crippen MR) is 279 cm³/mol. The maximum Gasteiger partial charge on any atom is 0.156 e. The molecule has 6 N–H and O–H groups in total. The third-order valence-corrected chi connectivity index (χ3v) is 11.9. The smallest absolute Gasteiger partial charge is 0.156 e. The van der Waals surface area contributed by atoms with Crippen LogP contribution in [0.5, 0.6) is 0 Å². The lowest BCUT2D eigenvalue weighted by atomic mass is 10.0. The molecular formula is C52H49Br2F5N12. The highest BCUT2D eigenvalue weighted by molar-refractivity contribution is 9.10. The van der Waals surface area contributed by atoms with Gasteiger partial charge in [0, 0.05) is 88.5 Å². The van der Waals surface area contributed by atoms with Crippen LogP contribution in [0.25, 0.3) is 16.9 Å². The van der Waals surface area contributed by atoms with Crippen molar-refractivity contribution in [2.75, 3.05) is 17.2 Å². The van der Waals surface area contributed by atoms with Crippen molar-refractivity contribution < 1.29 is 22.0 Å². The number of anilines is 3. The minimum atomic E-state index is -0.377. The van der Waals surface area contributed by atoms with Crippen molar-refractivity contribution in [1.82, 2.24) is 38.1 Å². The summed E-state index contributed by atoms with van der Waals surface area (Å²) in [5.74, 6) is -1.10. The number of imidazole rings is 3. The average molecular weight is 1100 g/mol. The second-order valence-corrected chi connectivity index (χ2v) is 17.9. The number of hydrogen-bond acceptors (Lipinski definition) is 9. The molecule has 0 amide bonds. The minimum Gasteiger partial charge on any atom is -0.395 e. The Hall–Kier alpha value is -7.51. The fraction of sp³-hybridized carbons (Fsp3) is 0.154. The van der Waals surface area contributed by atoms with Crippen molar-refractivity contribution in [2.45, 2.75) is 55.4 Å². The number of fused-ring (bicyclic) bond motifs is 3. The van der Waals surface area contributed by atoms with E-state index in [-0.39, 0.29) is 46.4 Å². The Bertz CT molecular complexity index is 3360. The molecule has 0 radical (unpaired) electrons. The molecule has 2 aromatic carbocycles. The molecule has 12 nitrogen and oxygen atoms in total. The van der Waals surface area contributed by atoms with Crippen molar-refractivity contribution in [3.63, 3.8) is 0 Å². The first kappa shape index (κ1) is 52.9. The average Bonchev–Trinajstić information content (AvgIpc) is 4.06. The Balaban J connectivity index is 0.000000156. The number of aromatic nitrogens is 8. The fourth-order valence-electron chi connectivity index (χ4n) is 6.92. The summed E-state index contributed by atoms with van der Waals surface area (Å²) in [5, 5.41) is 0. The molecule has 0 unspecified atom stereocenters. The number of benzene rings is 2. The maximum absolute atomic E-state index is 15.0. The first-order valence-corrected chi connectivity index (χ1v) is 23.2. The molecule has 0 fully saturated rings. The minimum absolute atomic E-state index is 0.155. The number of halogens is 7. The zero-order valence-electron chi connectivity index (χ0n) is 39.9. The molecule has 366 valence electrons. The molecule has 71 heavy (non-hydrogen) atoms. The molecule has 0 aliphatic carbocycles. The van der Waals surface area contributed by atoms with Crippen molar-refractivity contribution >= 4 is 77.5 Å². The fourth-order valence-corrected chi connectivity index (χ4v) is 7.83. The quantitative estimate of drug-likeness (QED) is 0.116. The molecule has 0 aliphatic rings. The normalized spacial score (nSPS) is 10.6. The van der Waals surface area contributed by atoms with E-state index in [2.05, 4.69) is 56.8 Å². The van der Waals surface area contributed by atoms with Crippen molar-refractivity contribution in [1.29, 1.82) is 0 Å². The summed E-state index contributed by atoms with van der Waals surface area (Å²) in [7, 11) is 0. The van der Waals surface area contributed by atoms with Crippen LogP contribution >= 0.6 is 31.9 Å². The third-order valence-electron chi connectivity index (χ3n) is 10.8. The van der Waals surface area contributed by atoms with Crippen LogP contribution in [-0.4, -0.2) is 43.8 Å². The van der Waals surface area contributed by atoms with Gasteiger partial charge in [-0.15, -0.1) is 0 Å². The van der Waals surface area contributed by atoms with Gasteiger partial charge in [0.2, 0.25) is 0 Å². The molecular weight excluding hydrogens is 1050 g/mol. The zero-order chi connectivity index (χ0) is 51.8. The van der Waals surface area contributed by atoms with Gasteiger partial charge in [-0.05, 0) is 93.3 Å². The standard InChI is InChI=1S/C22H18FN3.C9H8BrFN2.C9H10FN3.C6H6BrFN2.C6H7FN2/c1-15-13-26-14-19(20(23)16(2)22(26)24-15)25-21(17-9-5-3-6-10-17)18-11-7-4-8-12-18;1-5-3-13-4-7(10)8(11)6(2)9(13)12-5;1-5-3-13-4-7(11)8(10)6(2)9(13)12-5;1-3-5(8)4(7)2-10-6(3)9;1-4-5(7)2-3-9-6(4)8/h3-14H,1-2H3;3-4H,1-2H3;3-4H,11H2,1-2H3;2H,1H3,(H2,9,10);2-3H,1H3,(H2,8,9). The van der Waals surface area contributed by atoms with E-state index in [9.17, 15) is 22.0 Å². The SMILES string of the molecule is Cc1c(F)ccnc1N.Cc1c(N)ncc(Br)c1F.Cc1cn2cc(Br)c(F)c(C)c2n1.Cc1cn2cc(N)c(F)c(C)c2n1.Cc1cn2cc(N=C(c3ccccc3)c3ccccc3)c(F)c(C)c2n1. The number of nitrogens with two attached hydrogens (primary N) is 3. The number of nitrogen functional groups attached to an aromatic ring is 3. The molecule has 0 saturated heterocycles. The van der Waals surface area contributed by atoms with Crippen molar-refractivity contribution in [2.24, 2.45) is 4.99 Å². The monoisotopic (exact) mass is 1090 g/mol. The van der Waals surface area contributed by atoms with E-state index in [0.717, 1.165) is 33.9 Å². The van der Waals surface area contributed by atoms with E-state index < -0.39 is 0 Å². The number of nitrogens with zero attached hydrogens (tertiary/aromatic N) is 9. The van der Waals surface area contributed by atoms with E-state index in [4.69, 9.17) is 22.2 Å². The number of pyridine rings is 5. The first-order valence-electron chi connectivity index (χ1n) is 21.6. The van der Waals surface area contributed by atoms with Gasteiger partial charge in [-0.25, -0.2) is 51.9 Å². The van der Waals surface area contributed by atoms with Crippen LogP contribution in [0.2, 0.25) is 0 Å². The highest BCUT2D eigenvalue weighted by atomic mass is 79.9. The molecule has 8 heterocycles. The Labute approximate surface area is 423 Å². The van der Waals surface area contributed by atoms with Crippen LogP contribution in [0, 0.1) is 84.5 Å². The Kier molecular flexibility index (Phi) is 17.1. The van der Waals surface area contributed by atoms with Gasteiger partial charge in [-0.2, -0.15) is 0 Å². The zero-order valence-corrected chi connectivity index (χ0v) is 43.0. The third kappa shape index (κ3) is 12.5. The molecule has 0 spiro atoms. The summed E-state index contributed by atoms with van der Waals surface area (Å²) in [6.07, 6.45) is 13.2. The number of aryl methyl sites for hydroxylation is 6. The molecule has 10 rings (SSSR count). The molecule has 0 aliphatic heterocycles. The van der Waals surface area contributed by atoms with E-state index in [0.29, 0.717) is 59.4 Å². The number of hydrogen-bond donors (Lipinski definition) is 3. The van der Waals surface area contributed by atoms with Gasteiger partial charge in [0.05, 0.1) is 37.4 Å². The van der Waals surface area contributed by atoms with Gasteiger partial charge >= 0.3 is 0 Å². The Morgan fingerprint density at radius 3 is 1.39 bits per heavy atom. The Morgan fingerprint density at radius 1 is 0.479 bits per heavy atom. The van der Waals surface area contributed by atoms with E-state index in [1.807, 2.05) is 109 Å². The lowest BCUT2D eigenvalue weighted by Gasteiger charge is -2.10. The lowest BCUT2D eigenvalue weighted by Crippen LogP contribution is -2.03. The topological polar surface area (TPSA) is 168 Å². The van der Waals surface area contributed by atoms with Gasteiger partial charge in [0.1, 0.15) is 51.7 Å². The van der Waals surface area contributed by atoms with Crippen LogP contribution in [-0.2, 0) is 0 Å². The van der Waals surface area contributed by atoms with Crippen LogP contribution in [0.3, 0.4) is 0 Å². The molecule has 10 aromatic rings. The van der Waals surface area contributed by atoms with Gasteiger partial charge in [-0.1, -0.05) is 60.7 Å². The van der Waals surface area contributed by atoms with Crippen LogP contribution in [0.1, 0.15) is 56.0 Å². The molecule has 19 heteroatoms. The van der Waals surface area contributed by atoms with Gasteiger partial charge in [0.25, 0.3) is 0 Å². The molecule has 0 atom stereocenters. The summed E-state index contributed by atoms with van der Waals surface area (Å²) in [6, 6.07) is 20.9. The number of rotatable bonds is 3. The van der Waals surface area contributed by atoms with Gasteiger partial charge in [0.15, 0.2) is 11.6 Å². The van der Waals surface area contributed by atoms with Gasteiger partial charge in [-0.3, -0.25) is 0 Å². The maximum atomic E-state index is 15.0. The second kappa shape index (κ2) is 22.9. The van der Waals surface area contributed by atoms with Crippen molar-refractivity contribution in [3.05, 3.63) is 210 Å². The molecule has 0 saturated carbocycles. The molecule has 8 aromatic heterocycles. The summed E-state index contributed by atoms with van der Waals surface area (Å²) in [6.45, 7) is 14.0. The summed E-state index contributed by atoms with van der Waals surface area (Å²) >= 11 is 6.14. The largest absolute Gasteiger partial charge is 0.395 e. The second-order valence-electron chi connectivity index (χ2n) is 16.2. The summed E-state index contributed by atoms with van der Waals surface area (Å²) in [5.41, 5.74) is 26.0. The highest BCUT2D eigenvalue weighted by Crippen LogP contribution is 2.27. The van der Waals surface area contributed by atoms with Crippen LogP contribution in [0.4, 0.5) is 45.0 Å². The van der Waals surface area contributed by atoms with Crippen LogP contribution in [0.15, 0.2) is 130 Å². The predicted octanol–water partition coefficient (Wildman–Crippen LogP) is 12.8. The van der Waals surface area contributed by atoms with E-state index in [1.165, 1.54) is 24.7 Å². The molecule has 0 bridgehead atoms. The van der Waals surface area contributed by atoms with Gasteiger partial charge < -0.3 is 30.4 Å². The Morgan fingerprint density at radius 2 is 0.915 bits per heavy atom. The van der Waals surface area contributed by atoms with Crippen LogP contribution < -0.4 is 17.2 Å². The first-order chi connectivity index (χ1) is 33.7. The van der Waals surface area contributed by atoms with E-state index >= 15 is 0 Å². The van der Waals surface area contributed by atoms with Crippen molar-refractivity contribution in [3.8, 4) is 0 Å². The number of aliphatic imine (C=N–C) groups is 1. The summed E-state index contributed by atoms with van der Waals surface area (Å²) in [4.78, 5) is 24.9. The highest BCUT2D eigenvalue weighted by Gasteiger charge is 2.15. The van der Waals surface area contributed by atoms with E-state index in [1.54, 1.807) is 51.4 Å². The lowest BCUT2D eigenvalue weighted by molar-refractivity contribution is 0.609.